The van der Waals surface area contributed by atoms with Crippen LogP contribution in [0.25, 0.3) is 0 Å². The highest BCUT2D eigenvalue weighted by Crippen LogP contribution is 2.25. The second-order valence-corrected chi connectivity index (χ2v) is 8.38. The van der Waals surface area contributed by atoms with Crippen LogP contribution in [0.2, 0.25) is 0 Å². The molecule has 0 bridgehead atoms. The average Bonchev–Trinajstić information content (AvgIpc) is 2.86. The van der Waals surface area contributed by atoms with E-state index in [2.05, 4.69) is 0 Å². The third kappa shape index (κ3) is 7.10. The zero-order chi connectivity index (χ0) is 26.2. The second kappa shape index (κ2) is 12.2. The number of carbonyl (C=O) groups excluding carboxylic acids is 2. The van der Waals surface area contributed by atoms with Crippen molar-refractivity contribution in [2.75, 3.05) is 40.4 Å². The van der Waals surface area contributed by atoms with Gasteiger partial charge in [0.05, 0.1) is 14.2 Å². The molecule has 0 unspecified atom stereocenters. The van der Waals surface area contributed by atoms with E-state index in [1.54, 1.807) is 52.3 Å². The van der Waals surface area contributed by atoms with Gasteiger partial charge in [0.2, 0.25) is 12.6 Å². The van der Waals surface area contributed by atoms with E-state index in [1.807, 2.05) is 26.0 Å². The minimum Gasteiger partial charge on any atom is -0.497 e. The fourth-order valence-corrected chi connectivity index (χ4v) is 3.67. The largest absolute Gasteiger partial charge is 0.497 e. The van der Waals surface area contributed by atoms with Crippen molar-refractivity contribution in [3.8, 4) is 23.0 Å². The molecule has 2 aromatic carbocycles. The number of hydrogen-bond acceptors (Lipinski definition) is 8. The molecule has 0 aliphatic carbocycles. The van der Waals surface area contributed by atoms with Crippen LogP contribution < -0.4 is 18.9 Å². The molecule has 3 rings (SSSR count). The van der Waals surface area contributed by atoms with Gasteiger partial charge in [0.15, 0.2) is 0 Å². The van der Waals surface area contributed by atoms with Gasteiger partial charge in [0.1, 0.15) is 23.0 Å². The number of hydrogen-bond donors (Lipinski definition) is 0. The van der Waals surface area contributed by atoms with Crippen LogP contribution >= 0.6 is 0 Å². The van der Waals surface area contributed by atoms with Crippen molar-refractivity contribution in [2.24, 2.45) is 0 Å². The van der Waals surface area contributed by atoms with E-state index < -0.39 is 24.8 Å². The van der Waals surface area contributed by atoms with Gasteiger partial charge in [0, 0.05) is 40.0 Å². The van der Waals surface area contributed by atoms with Crippen molar-refractivity contribution in [1.29, 1.82) is 0 Å². The predicted molar refractivity (Wildman–Crippen MR) is 132 cm³/mol. The van der Waals surface area contributed by atoms with Gasteiger partial charge in [-0.05, 0) is 61.4 Å². The van der Waals surface area contributed by atoms with Crippen molar-refractivity contribution in [2.45, 2.75) is 40.3 Å². The molecule has 2 amide bonds. The summed E-state index contributed by atoms with van der Waals surface area (Å²) in [5.74, 6) is 2.64. The van der Waals surface area contributed by atoms with Crippen LogP contribution in [0.4, 0.5) is 9.59 Å². The lowest BCUT2D eigenvalue weighted by molar-refractivity contribution is -0.0482. The zero-order valence-electron chi connectivity index (χ0n) is 21.6. The third-order valence-corrected chi connectivity index (χ3v) is 5.68. The van der Waals surface area contributed by atoms with Crippen LogP contribution in [0, 0.1) is 13.8 Å². The van der Waals surface area contributed by atoms with Gasteiger partial charge in [-0.3, -0.25) is 0 Å². The van der Waals surface area contributed by atoms with Crippen LogP contribution in [0.3, 0.4) is 0 Å². The molecule has 0 radical (unpaired) electrons. The smallest absolute Gasteiger partial charge is 0.412 e. The highest BCUT2D eigenvalue weighted by molar-refractivity contribution is 5.70. The number of carbonyl (C=O) groups is 2. The molecule has 10 nitrogen and oxygen atoms in total. The highest BCUT2D eigenvalue weighted by Gasteiger charge is 2.28. The molecule has 1 heterocycles. The molecule has 1 saturated heterocycles. The first-order chi connectivity index (χ1) is 17.2. The lowest BCUT2D eigenvalue weighted by Gasteiger charge is -2.34. The summed E-state index contributed by atoms with van der Waals surface area (Å²) < 4.78 is 32.7. The first-order valence-corrected chi connectivity index (χ1v) is 11.7. The minimum atomic E-state index is -0.785. The Morgan fingerprint density at radius 3 is 1.36 bits per heavy atom. The quantitative estimate of drug-likeness (QED) is 0.492. The summed E-state index contributed by atoms with van der Waals surface area (Å²) in [6.45, 7) is 8.33. The van der Waals surface area contributed by atoms with Gasteiger partial charge in [-0.25, -0.2) is 9.59 Å². The van der Waals surface area contributed by atoms with E-state index in [1.165, 1.54) is 9.80 Å². The lowest BCUT2D eigenvalue weighted by atomic mass is 10.2. The van der Waals surface area contributed by atoms with E-state index in [9.17, 15) is 9.59 Å². The maximum absolute atomic E-state index is 12.6. The molecule has 36 heavy (non-hydrogen) atoms. The number of methoxy groups -OCH3 is 2. The Kier molecular flexibility index (Phi) is 9.10. The molecule has 2 aromatic rings. The molecule has 0 spiro atoms. The summed E-state index contributed by atoms with van der Waals surface area (Å²) in [5, 5.41) is 0. The Balaban J connectivity index is 1.42. The van der Waals surface area contributed by atoms with Crippen LogP contribution in [0.1, 0.15) is 25.0 Å². The molecule has 2 atom stereocenters. The van der Waals surface area contributed by atoms with Gasteiger partial charge >= 0.3 is 12.2 Å². The Bertz CT molecular complexity index is 969. The molecule has 196 valence electrons. The van der Waals surface area contributed by atoms with Gasteiger partial charge in [-0.1, -0.05) is 0 Å². The molecule has 1 aliphatic heterocycles. The topological polar surface area (TPSA) is 96.0 Å². The number of nitrogens with zero attached hydrogens (tertiary/aromatic N) is 2. The van der Waals surface area contributed by atoms with Crippen molar-refractivity contribution in [3.05, 3.63) is 47.5 Å². The third-order valence-electron chi connectivity index (χ3n) is 5.68. The van der Waals surface area contributed by atoms with Gasteiger partial charge in [-0.15, -0.1) is 0 Å². The summed E-state index contributed by atoms with van der Waals surface area (Å²) in [4.78, 5) is 28.2. The maximum atomic E-state index is 12.6. The Hall–Kier alpha value is -3.82. The van der Waals surface area contributed by atoms with Crippen molar-refractivity contribution in [3.63, 3.8) is 0 Å². The van der Waals surface area contributed by atoms with Crippen LogP contribution in [0.5, 0.6) is 23.0 Å². The first kappa shape index (κ1) is 26.8. The number of piperazine rings is 1. The number of aryl methyl sites for hydroxylation is 2. The molecular weight excluding hydrogens is 468 g/mol. The Morgan fingerprint density at radius 2 is 1.06 bits per heavy atom. The average molecular weight is 503 g/mol. The van der Waals surface area contributed by atoms with E-state index in [4.69, 9.17) is 28.4 Å². The molecule has 1 aliphatic rings. The number of ether oxygens (including phenoxy) is 6. The second-order valence-electron chi connectivity index (χ2n) is 8.38. The minimum absolute atomic E-state index is 0.315. The summed E-state index contributed by atoms with van der Waals surface area (Å²) in [5.41, 5.74) is 1.73. The van der Waals surface area contributed by atoms with E-state index in [0.717, 1.165) is 22.6 Å². The number of amides is 2. The van der Waals surface area contributed by atoms with Crippen LogP contribution in [-0.2, 0) is 9.47 Å². The first-order valence-electron chi connectivity index (χ1n) is 11.7. The molecular formula is C26H34N2O8. The lowest BCUT2D eigenvalue weighted by Crippen LogP contribution is -2.51. The van der Waals surface area contributed by atoms with Crippen molar-refractivity contribution in [1.82, 2.24) is 9.80 Å². The molecule has 1 fully saturated rings. The molecule has 0 N–H and O–H groups in total. The molecule has 10 heteroatoms. The molecule has 0 aromatic heterocycles. The predicted octanol–water partition coefficient (Wildman–Crippen LogP) is 4.36. The standard InChI is InChI=1S/C26H34N2O8/c1-17-15-21(31-5)7-9-23(17)33-19(3)35-25(29)27-11-13-28(14-12-27)26(30)36-20(4)34-24-10-8-22(32-6)16-18(24)2/h7-10,15-16,19-20H,11-14H2,1-6H3/t19-,20-/m1/s1. The summed E-state index contributed by atoms with van der Waals surface area (Å²) >= 11 is 0. The number of rotatable bonds is 8. The summed E-state index contributed by atoms with van der Waals surface area (Å²) in [6.07, 6.45) is -2.58. The van der Waals surface area contributed by atoms with E-state index in [0.29, 0.717) is 37.7 Å². The Morgan fingerprint density at radius 1 is 0.694 bits per heavy atom. The normalized spacial score (nSPS) is 14.9. The van der Waals surface area contributed by atoms with E-state index >= 15 is 0 Å². The fourth-order valence-electron chi connectivity index (χ4n) is 3.67. The van der Waals surface area contributed by atoms with Gasteiger partial charge in [-0.2, -0.15) is 0 Å². The van der Waals surface area contributed by atoms with Crippen LogP contribution in [-0.4, -0.2) is 75.0 Å². The van der Waals surface area contributed by atoms with Gasteiger partial charge < -0.3 is 38.2 Å². The number of benzene rings is 2. The van der Waals surface area contributed by atoms with Crippen molar-refractivity contribution >= 4 is 12.2 Å². The SMILES string of the molecule is COc1ccc(O[C@@H](C)OC(=O)N2CCN(C(=O)O[C@H](C)Oc3ccc(OC)cc3C)CC2)c(C)c1. The highest BCUT2D eigenvalue weighted by atomic mass is 16.7. The van der Waals surface area contributed by atoms with E-state index in [-0.39, 0.29) is 0 Å². The summed E-state index contributed by atoms with van der Waals surface area (Å²) in [7, 11) is 3.19. The summed E-state index contributed by atoms with van der Waals surface area (Å²) in [6, 6.07) is 10.8. The monoisotopic (exact) mass is 502 g/mol. The molecule has 0 saturated carbocycles. The maximum Gasteiger partial charge on any atom is 0.412 e. The van der Waals surface area contributed by atoms with Crippen LogP contribution in [0.15, 0.2) is 36.4 Å². The fraction of sp³-hybridized carbons (Fsp3) is 0.462. The Labute approximate surface area is 211 Å². The van der Waals surface area contributed by atoms with Crippen molar-refractivity contribution < 1.29 is 38.0 Å². The zero-order valence-corrected chi connectivity index (χ0v) is 21.6. The van der Waals surface area contributed by atoms with Gasteiger partial charge in [0.25, 0.3) is 0 Å².